The molecule has 3 rings (SSSR count). The molecule has 124 valence electrons. The molecular weight excluding hydrogens is 298 g/mol. The van der Waals surface area contributed by atoms with E-state index in [1.165, 1.54) is 11.1 Å². The van der Waals surface area contributed by atoms with E-state index in [4.69, 9.17) is 0 Å². The lowest BCUT2D eigenvalue weighted by Crippen LogP contribution is -2.52. The van der Waals surface area contributed by atoms with Crippen LogP contribution >= 0.6 is 0 Å². The molecule has 1 aromatic carbocycles. The molecule has 0 spiro atoms. The fourth-order valence-electron chi connectivity index (χ4n) is 3.48. The van der Waals surface area contributed by atoms with E-state index in [2.05, 4.69) is 34.0 Å². The van der Waals surface area contributed by atoms with E-state index in [9.17, 15) is 14.9 Å². The zero-order chi connectivity index (χ0) is 16.2. The molecule has 0 saturated carbocycles. The van der Waals surface area contributed by atoms with E-state index in [1.807, 2.05) is 4.90 Å². The normalized spacial score (nSPS) is 20.5. The molecule has 0 radical (unpaired) electrons. The first kappa shape index (κ1) is 15.7. The molecule has 0 bridgehead atoms. The minimum atomic E-state index is -0.817. The molecule has 1 amide bonds. The van der Waals surface area contributed by atoms with Gasteiger partial charge in [-0.05, 0) is 24.0 Å². The number of nitrogens with zero attached hydrogens (tertiary/aromatic N) is 3. The maximum absolute atomic E-state index is 12.3. The van der Waals surface area contributed by atoms with Crippen molar-refractivity contribution in [1.29, 1.82) is 0 Å². The molecule has 7 heteroatoms. The Morgan fingerprint density at radius 1 is 1.30 bits per heavy atom. The number of carbonyl (C=O) groups excluding carboxylic acids is 1. The standard InChI is InChI=1S/C16H21N3O4/c20-16(6-3-11-23-19(21)22)18-10-9-17-8-7-13-4-1-2-5-14(13)15(17)12-18/h1-2,4-5,15H,3,6-12H2. The van der Waals surface area contributed by atoms with Crippen molar-refractivity contribution in [2.45, 2.75) is 25.3 Å². The van der Waals surface area contributed by atoms with Gasteiger partial charge in [0, 0.05) is 32.6 Å². The molecule has 2 aliphatic rings. The molecule has 23 heavy (non-hydrogen) atoms. The summed E-state index contributed by atoms with van der Waals surface area (Å²) in [5.74, 6) is 0.0552. The SMILES string of the molecule is O=C(CCCO[N+](=O)[O-])N1CCN2CCc3ccccc3C2C1. The molecule has 0 aromatic heterocycles. The molecule has 7 nitrogen and oxygen atoms in total. The number of piperazine rings is 1. The van der Waals surface area contributed by atoms with Crippen molar-refractivity contribution in [2.75, 3.05) is 32.8 Å². The van der Waals surface area contributed by atoms with E-state index < -0.39 is 5.09 Å². The van der Waals surface area contributed by atoms with Gasteiger partial charge >= 0.3 is 0 Å². The second-order valence-corrected chi connectivity index (χ2v) is 6.00. The first-order valence-electron chi connectivity index (χ1n) is 8.02. The molecule has 1 unspecified atom stereocenters. The monoisotopic (exact) mass is 319 g/mol. The summed E-state index contributed by atoms with van der Waals surface area (Å²) >= 11 is 0. The van der Waals surface area contributed by atoms with Crippen LogP contribution in [0.25, 0.3) is 0 Å². The van der Waals surface area contributed by atoms with Gasteiger partial charge in [0.1, 0.15) is 0 Å². The van der Waals surface area contributed by atoms with Gasteiger partial charge in [0.05, 0.1) is 12.6 Å². The number of hydrogen-bond acceptors (Lipinski definition) is 5. The average Bonchev–Trinajstić information content (AvgIpc) is 2.57. The lowest BCUT2D eigenvalue weighted by Gasteiger charge is -2.45. The van der Waals surface area contributed by atoms with Crippen LogP contribution in [-0.2, 0) is 16.1 Å². The summed E-state index contributed by atoms with van der Waals surface area (Å²) < 4.78 is 0. The van der Waals surface area contributed by atoms with Gasteiger partial charge in [-0.2, -0.15) is 0 Å². The zero-order valence-corrected chi connectivity index (χ0v) is 13.0. The van der Waals surface area contributed by atoms with Gasteiger partial charge in [-0.25, -0.2) is 0 Å². The molecule has 2 aliphatic heterocycles. The molecule has 1 saturated heterocycles. The van der Waals surface area contributed by atoms with Gasteiger partial charge in [0.15, 0.2) is 0 Å². The molecule has 0 aliphatic carbocycles. The second kappa shape index (κ2) is 6.95. The molecule has 1 aromatic rings. The summed E-state index contributed by atoms with van der Waals surface area (Å²) in [6.45, 7) is 3.33. The third-order valence-corrected chi connectivity index (χ3v) is 4.66. The van der Waals surface area contributed by atoms with Crippen LogP contribution in [0.5, 0.6) is 0 Å². The second-order valence-electron chi connectivity index (χ2n) is 6.00. The fourth-order valence-corrected chi connectivity index (χ4v) is 3.48. The van der Waals surface area contributed by atoms with Crippen LogP contribution in [0.1, 0.15) is 30.0 Å². The average molecular weight is 319 g/mol. The summed E-state index contributed by atoms with van der Waals surface area (Å²) in [4.78, 5) is 31.0. The van der Waals surface area contributed by atoms with Crippen LogP contribution in [0.15, 0.2) is 24.3 Å². The van der Waals surface area contributed by atoms with E-state index in [1.54, 1.807) is 0 Å². The Morgan fingerprint density at radius 3 is 2.96 bits per heavy atom. The van der Waals surface area contributed by atoms with Gasteiger partial charge in [0.2, 0.25) is 5.91 Å². The fraction of sp³-hybridized carbons (Fsp3) is 0.562. The van der Waals surface area contributed by atoms with Crippen LogP contribution in [-0.4, -0.2) is 53.6 Å². The quantitative estimate of drug-likeness (QED) is 0.466. The summed E-state index contributed by atoms with van der Waals surface area (Å²) in [6.07, 6.45) is 1.74. The predicted molar refractivity (Wildman–Crippen MR) is 83.2 cm³/mol. The zero-order valence-electron chi connectivity index (χ0n) is 13.0. The summed E-state index contributed by atoms with van der Waals surface area (Å²) in [5.41, 5.74) is 2.70. The Morgan fingerprint density at radius 2 is 2.13 bits per heavy atom. The topological polar surface area (TPSA) is 75.9 Å². The smallest absolute Gasteiger partial charge is 0.294 e. The van der Waals surface area contributed by atoms with E-state index >= 15 is 0 Å². The van der Waals surface area contributed by atoms with Crippen molar-refractivity contribution in [2.24, 2.45) is 0 Å². The highest BCUT2D eigenvalue weighted by atomic mass is 16.9. The highest BCUT2D eigenvalue weighted by Crippen LogP contribution is 2.32. The van der Waals surface area contributed by atoms with Crippen molar-refractivity contribution < 1.29 is 14.7 Å². The Balaban J connectivity index is 1.58. The number of hydrogen-bond donors (Lipinski definition) is 0. The first-order valence-corrected chi connectivity index (χ1v) is 8.02. The minimum absolute atomic E-state index is 0.0229. The summed E-state index contributed by atoms with van der Waals surface area (Å²) in [5, 5.41) is 9.29. The number of benzene rings is 1. The van der Waals surface area contributed by atoms with Crippen LogP contribution < -0.4 is 0 Å². The van der Waals surface area contributed by atoms with Gasteiger partial charge in [-0.1, -0.05) is 24.3 Å². The Kier molecular flexibility index (Phi) is 4.76. The van der Waals surface area contributed by atoms with Crippen LogP contribution in [0.2, 0.25) is 0 Å². The largest absolute Gasteiger partial charge is 0.339 e. The van der Waals surface area contributed by atoms with E-state index in [-0.39, 0.29) is 18.6 Å². The van der Waals surface area contributed by atoms with Crippen molar-refractivity contribution >= 4 is 5.91 Å². The molecule has 1 atom stereocenters. The van der Waals surface area contributed by atoms with E-state index in [0.29, 0.717) is 19.4 Å². The van der Waals surface area contributed by atoms with Gasteiger partial charge in [-0.3, -0.25) is 9.69 Å². The predicted octanol–water partition coefficient (Wildman–Crippen LogP) is 1.42. The van der Waals surface area contributed by atoms with Crippen molar-refractivity contribution in [3.05, 3.63) is 45.5 Å². The Labute approximate surface area is 134 Å². The first-order chi connectivity index (χ1) is 11.1. The Bertz CT molecular complexity index is 592. The van der Waals surface area contributed by atoms with Crippen molar-refractivity contribution in [3.8, 4) is 0 Å². The maximum Gasteiger partial charge on any atom is 0.294 e. The number of amides is 1. The van der Waals surface area contributed by atoms with Gasteiger partial charge in [0.25, 0.3) is 5.09 Å². The maximum atomic E-state index is 12.3. The van der Waals surface area contributed by atoms with Gasteiger partial charge < -0.3 is 9.74 Å². The number of fused-ring (bicyclic) bond motifs is 3. The third-order valence-electron chi connectivity index (χ3n) is 4.66. The van der Waals surface area contributed by atoms with Gasteiger partial charge in [-0.15, -0.1) is 10.1 Å². The Hall–Kier alpha value is -2.15. The molecular formula is C16H21N3O4. The molecule has 2 heterocycles. The lowest BCUT2D eigenvalue weighted by atomic mass is 9.91. The van der Waals surface area contributed by atoms with Crippen molar-refractivity contribution in [1.82, 2.24) is 9.80 Å². The van der Waals surface area contributed by atoms with Crippen LogP contribution in [0.4, 0.5) is 0 Å². The highest BCUT2D eigenvalue weighted by molar-refractivity contribution is 5.76. The summed E-state index contributed by atoms with van der Waals surface area (Å²) in [6, 6.07) is 8.72. The minimum Gasteiger partial charge on any atom is -0.339 e. The van der Waals surface area contributed by atoms with E-state index in [0.717, 1.165) is 26.1 Å². The number of rotatable bonds is 5. The lowest BCUT2D eigenvalue weighted by molar-refractivity contribution is -0.757. The molecule has 0 N–H and O–H groups in total. The van der Waals surface area contributed by atoms with Crippen LogP contribution in [0.3, 0.4) is 0 Å². The van der Waals surface area contributed by atoms with Crippen molar-refractivity contribution in [3.63, 3.8) is 0 Å². The highest BCUT2D eigenvalue weighted by Gasteiger charge is 2.33. The molecule has 1 fully saturated rings. The third kappa shape index (κ3) is 3.61. The summed E-state index contributed by atoms with van der Waals surface area (Å²) in [7, 11) is 0. The number of carbonyl (C=O) groups is 1. The van der Waals surface area contributed by atoms with Crippen LogP contribution in [0, 0.1) is 10.1 Å².